The lowest BCUT2D eigenvalue weighted by Crippen LogP contribution is -2.15. The van der Waals surface area contributed by atoms with E-state index in [1.54, 1.807) is 63.4 Å². The fourth-order valence-electron chi connectivity index (χ4n) is 2.63. The zero-order valence-corrected chi connectivity index (χ0v) is 15.8. The average molecular weight is 383 g/mol. The Bertz CT molecular complexity index is 1010. The lowest BCUT2D eigenvalue weighted by molar-refractivity contribution is -0.387. The summed E-state index contributed by atoms with van der Waals surface area (Å²) in [4.78, 5) is 24.9. The molecule has 0 radical (unpaired) electrons. The molecule has 1 heterocycles. The van der Waals surface area contributed by atoms with Crippen LogP contribution in [0.1, 0.15) is 21.7 Å². The number of carbonyl (C=O) groups excluding carboxylic acids is 1. The number of rotatable bonds is 5. The summed E-state index contributed by atoms with van der Waals surface area (Å²) in [6, 6.07) is 13.3. The van der Waals surface area contributed by atoms with E-state index in [0.29, 0.717) is 27.6 Å². The van der Waals surface area contributed by atoms with Crippen LogP contribution < -0.4 is 4.74 Å². The molecule has 0 N–H and O–H groups in total. The first kappa shape index (κ1) is 18.7. The average Bonchev–Trinajstić information content (AvgIpc) is 2.96. The molecule has 0 aliphatic carbocycles. The Labute approximate surface area is 160 Å². The minimum Gasteiger partial charge on any atom is -0.497 e. The van der Waals surface area contributed by atoms with Crippen LogP contribution in [0.15, 0.2) is 58.3 Å². The Balaban J connectivity index is 1.95. The Kier molecular flexibility index (Phi) is 5.27. The molecule has 0 spiro atoms. The molecule has 0 amide bonds. The number of nitro groups is 1. The minimum absolute atomic E-state index is 0.0236. The molecule has 0 unspecified atom stereocenters. The number of nitrogens with zero attached hydrogens (tertiary/aromatic N) is 3. The van der Waals surface area contributed by atoms with Crippen LogP contribution in [0.4, 0.5) is 5.69 Å². The second-order valence-corrected chi connectivity index (χ2v) is 6.82. The van der Waals surface area contributed by atoms with Gasteiger partial charge in [-0.2, -0.15) is 9.78 Å². The fourth-order valence-corrected chi connectivity index (χ4v) is 3.67. The molecule has 0 atom stereocenters. The van der Waals surface area contributed by atoms with Crippen molar-refractivity contribution in [1.29, 1.82) is 0 Å². The van der Waals surface area contributed by atoms with Crippen molar-refractivity contribution in [3.8, 4) is 5.75 Å². The molecular formula is C19H17N3O4S. The Morgan fingerprint density at radius 1 is 1.15 bits per heavy atom. The van der Waals surface area contributed by atoms with E-state index in [-0.39, 0.29) is 11.6 Å². The normalized spacial score (nSPS) is 10.6. The van der Waals surface area contributed by atoms with Gasteiger partial charge in [-0.05, 0) is 44.2 Å². The standard InChI is InChI=1S/C19H17N3O4S/c1-12-18(27-17-7-5-4-6-16(17)22(24)25)13(2)21(20-12)19(23)14-8-10-15(26-3)11-9-14/h4-11H,1-3H3. The minimum atomic E-state index is -0.417. The second kappa shape index (κ2) is 7.63. The molecule has 0 aliphatic heterocycles. The van der Waals surface area contributed by atoms with E-state index >= 15 is 0 Å². The van der Waals surface area contributed by atoms with Crippen LogP contribution in [0, 0.1) is 24.0 Å². The van der Waals surface area contributed by atoms with Gasteiger partial charge in [-0.25, -0.2) is 0 Å². The van der Waals surface area contributed by atoms with Crippen molar-refractivity contribution in [3.63, 3.8) is 0 Å². The maximum absolute atomic E-state index is 12.8. The Morgan fingerprint density at radius 2 is 1.81 bits per heavy atom. The first-order valence-corrected chi connectivity index (χ1v) is 8.90. The van der Waals surface area contributed by atoms with E-state index in [0.717, 1.165) is 4.90 Å². The highest BCUT2D eigenvalue weighted by atomic mass is 32.2. The van der Waals surface area contributed by atoms with Gasteiger partial charge in [0.25, 0.3) is 11.6 Å². The predicted molar refractivity (Wildman–Crippen MR) is 102 cm³/mol. The second-order valence-electron chi connectivity index (χ2n) is 5.77. The summed E-state index contributed by atoms with van der Waals surface area (Å²) in [7, 11) is 1.56. The number of benzene rings is 2. The first-order chi connectivity index (χ1) is 12.9. The molecule has 0 saturated carbocycles. The number of para-hydroxylation sites is 1. The molecule has 138 valence electrons. The number of nitro benzene ring substituents is 1. The summed E-state index contributed by atoms with van der Waals surface area (Å²) in [6.45, 7) is 3.56. The maximum atomic E-state index is 12.8. The highest BCUT2D eigenvalue weighted by Crippen LogP contribution is 2.37. The zero-order chi connectivity index (χ0) is 19.6. The molecule has 0 aliphatic rings. The summed E-state index contributed by atoms with van der Waals surface area (Å²) in [5, 5.41) is 15.6. The van der Waals surface area contributed by atoms with Crippen LogP contribution >= 0.6 is 11.8 Å². The quantitative estimate of drug-likeness (QED) is 0.483. The zero-order valence-electron chi connectivity index (χ0n) is 15.0. The number of ether oxygens (including phenoxy) is 1. The van der Waals surface area contributed by atoms with E-state index in [2.05, 4.69) is 5.10 Å². The molecule has 2 aromatic carbocycles. The molecule has 8 heteroatoms. The van der Waals surface area contributed by atoms with Crippen molar-refractivity contribution in [2.24, 2.45) is 0 Å². The van der Waals surface area contributed by atoms with Crippen molar-refractivity contribution in [1.82, 2.24) is 9.78 Å². The third kappa shape index (κ3) is 3.70. The van der Waals surface area contributed by atoms with Crippen molar-refractivity contribution in [2.75, 3.05) is 7.11 Å². The number of aryl methyl sites for hydroxylation is 1. The molecule has 3 rings (SSSR count). The highest BCUT2D eigenvalue weighted by Gasteiger charge is 2.21. The molecule has 1 aromatic heterocycles. The highest BCUT2D eigenvalue weighted by molar-refractivity contribution is 7.99. The molecule has 0 fully saturated rings. The lowest BCUT2D eigenvalue weighted by atomic mass is 10.2. The van der Waals surface area contributed by atoms with E-state index in [1.807, 2.05) is 0 Å². The number of hydrogen-bond acceptors (Lipinski definition) is 6. The number of carbonyl (C=O) groups is 1. The van der Waals surface area contributed by atoms with Gasteiger partial charge in [0.15, 0.2) is 0 Å². The number of aromatic nitrogens is 2. The lowest BCUT2D eigenvalue weighted by Gasteiger charge is -2.06. The van der Waals surface area contributed by atoms with Crippen LogP contribution in [-0.4, -0.2) is 27.7 Å². The summed E-state index contributed by atoms with van der Waals surface area (Å²) >= 11 is 1.24. The van der Waals surface area contributed by atoms with Crippen LogP contribution in [0.25, 0.3) is 0 Å². The van der Waals surface area contributed by atoms with Crippen LogP contribution in [0.5, 0.6) is 5.75 Å². The van der Waals surface area contributed by atoms with E-state index in [9.17, 15) is 14.9 Å². The number of hydrogen-bond donors (Lipinski definition) is 0. The third-order valence-corrected chi connectivity index (χ3v) is 5.39. The van der Waals surface area contributed by atoms with Gasteiger partial charge in [-0.3, -0.25) is 14.9 Å². The van der Waals surface area contributed by atoms with Gasteiger partial charge < -0.3 is 4.74 Å². The van der Waals surface area contributed by atoms with E-state index < -0.39 is 4.92 Å². The maximum Gasteiger partial charge on any atom is 0.283 e. The van der Waals surface area contributed by atoms with Crippen molar-refractivity contribution in [3.05, 3.63) is 75.6 Å². The SMILES string of the molecule is COc1ccc(C(=O)n2nc(C)c(Sc3ccccc3[N+](=O)[O-])c2C)cc1. The predicted octanol–water partition coefficient (Wildman–Crippen LogP) is 4.26. The molecule has 0 saturated heterocycles. The summed E-state index contributed by atoms with van der Waals surface area (Å²) in [6.07, 6.45) is 0. The molecule has 7 nitrogen and oxygen atoms in total. The third-order valence-electron chi connectivity index (χ3n) is 4.03. The van der Waals surface area contributed by atoms with Gasteiger partial charge in [0.05, 0.1) is 33.2 Å². The van der Waals surface area contributed by atoms with Crippen LogP contribution in [0.2, 0.25) is 0 Å². The van der Waals surface area contributed by atoms with Gasteiger partial charge in [0, 0.05) is 11.6 Å². The molecule has 27 heavy (non-hydrogen) atoms. The Morgan fingerprint density at radius 3 is 2.44 bits per heavy atom. The summed E-state index contributed by atoms with van der Waals surface area (Å²) in [5.74, 6) is 0.389. The topological polar surface area (TPSA) is 87.3 Å². The van der Waals surface area contributed by atoms with Crippen molar-refractivity contribution in [2.45, 2.75) is 23.6 Å². The monoisotopic (exact) mass is 383 g/mol. The molecule has 0 bridgehead atoms. The van der Waals surface area contributed by atoms with Crippen molar-refractivity contribution < 1.29 is 14.5 Å². The first-order valence-electron chi connectivity index (χ1n) is 8.08. The molecule has 3 aromatic rings. The van der Waals surface area contributed by atoms with Gasteiger partial charge in [-0.1, -0.05) is 23.9 Å². The Hall–Kier alpha value is -3.13. The van der Waals surface area contributed by atoms with Gasteiger partial charge in [0.2, 0.25) is 0 Å². The largest absolute Gasteiger partial charge is 0.497 e. The van der Waals surface area contributed by atoms with Crippen molar-refractivity contribution >= 4 is 23.4 Å². The number of methoxy groups -OCH3 is 1. The van der Waals surface area contributed by atoms with Crippen LogP contribution in [-0.2, 0) is 0 Å². The van der Waals surface area contributed by atoms with E-state index in [4.69, 9.17) is 4.74 Å². The fraction of sp³-hybridized carbons (Fsp3) is 0.158. The molecular weight excluding hydrogens is 366 g/mol. The van der Waals surface area contributed by atoms with Gasteiger partial charge >= 0.3 is 0 Å². The van der Waals surface area contributed by atoms with Gasteiger partial charge in [0.1, 0.15) is 5.75 Å². The summed E-state index contributed by atoms with van der Waals surface area (Å²) in [5.41, 5.74) is 1.77. The van der Waals surface area contributed by atoms with Crippen LogP contribution in [0.3, 0.4) is 0 Å². The van der Waals surface area contributed by atoms with E-state index in [1.165, 1.54) is 22.5 Å². The van der Waals surface area contributed by atoms with Gasteiger partial charge in [-0.15, -0.1) is 0 Å². The smallest absolute Gasteiger partial charge is 0.283 e. The summed E-state index contributed by atoms with van der Waals surface area (Å²) < 4.78 is 6.43.